The molecule has 0 unspecified atom stereocenters. The minimum Gasteiger partial charge on any atom is -0.497 e. The number of benzene rings is 1. The highest BCUT2D eigenvalue weighted by Crippen LogP contribution is 2.25. The largest absolute Gasteiger partial charge is 0.497 e. The number of hydrogen-bond acceptors (Lipinski definition) is 5. The molecule has 1 amide bonds. The summed E-state index contributed by atoms with van der Waals surface area (Å²) in [6.45, 7) is 2.47. The summed E-state index contributed by atoms with van der Waals surface area (Å²) in [4.78, 5) is 17.4. The van der Waals surface area contributed by atoms with Crippen LogP contribution in [0.1, 0.15) is 16.1 Å². The molecule has 1 aromatic carbocycles. The third-order valence-corrected chi connectivity index (χ3v) is 5.16. The molecule has 1 N–H and O–H groups in total. The number of carbonyl (C=O) groups is 1. The van der Waals surface area contributed by atoms with Gasteiger partial charge in [0, 0.05) is 11.4 Å². The molecule has 0 aliphatic rings. The van der Waals surface area contributed by atoms with Crippen molar-refractivity contribution >= 4 is 29.0 Å². The summed E-state index contributed by atoms with van der Waals surface area (Å²) in [5.41, 5.74) is 2.00. The van der Waals surface area contributed by atoms with Crippen molar-refractivity contribution in [1.29, 1.82) is 0 Å². The fourth-order valence-electron chi connectivity index (χ4n) is 1.81. The Morgan fingerprint density at radius 2 is 2.10 bits per heavy atom. The third-order valence-electron chi connectivity index (χ3n) is 3.02. The number of nitrogens with zero attached hydrogens (tertiary/aromatic N) is 1. The number of carbonyl (C=O) groups excluding carboxylic acids is 1. The number of hydrogen-bond donors (Lipinski definition) is 1. The number of amides is 1. The van der Waals surface area contributed by atoms with Crippen LogP contribution < -0.4 is 10.1 Å². The Balaban J connectivity index is 1.87. The fraction of sp³-hybridized carbons (Fsp3) is 0.333. The number of aromatic nitrogens is 1. The first-order chi connectivity index (χ1) is 10.1. The summed E-state index contributed by atoms with van der Waals surface area (Å²) in [5.74, 6) is 0.833. The van der Waals surface area contributed by atoms with Gasteiger partial charge in [-0.3, -0.25) is 4.79 Å². The molecular formula is C15H18N2O2S2. The second kappa shape index (κ2) is 7.47. The van der Waals surface area contributed by atoms with Crippen molar-refractivity contribution in [2.45, 2.75) is 24.2 Å². The summed E-state index contributed by atoms with van der Waals surface area (Å²) in [7, 11) is 1.64. The van der Waals surface area contributed by atoms with Crippen LogP contribution in [0.25, 0.3) is 0 Å². The lowest BCUT2D eigenvalue weighted by Crippen LogP contribution is -2.24. The molecule has 0 saturated heterocycles. The highest BCUT2D eigenvalue weighted by Gasteiger charge is 2.11. The molecule has 0 saturated carbocycles. The van der Waals surface area contributed by atoms with Crippen molar-refractivity contribution in [3.05, 3.63) is 40.4 Å². The van der Waals surface area contributed by atoms with E-state index in [4.69, 9.17) is 4.74 Å². The molecule has 4 nitrogen and oxygen atoms in total. The van der Waals surface area contributed by atoms with Crippen LogP contribution in [0.2, 0.25) is 0 Å². The average molecular weight is 322 g/mol. The van der Waals surface area contributed by atoms with Gasteiger partial charge in [-0.1, -0.05) is 23.9 Å². The molecule has 1 heterocycles. The summed E-state index contributed by atoms with van der Waals surface area (Å²) in [6.07, 6.45) is 2.38. The highest BCUT2D eigenvalue weighted by molar-refractivity contribution is 8.00. The molecule has 0 aliphatic heterocycles. The number of aryl methyl sites for hydroxylation is 1. The van der Waals surface area contributed by atoms with Gasteiger partial charge in [0.25, 0.3) is 0 Å². The van der Waals surface area contributed by atoms with Crippen LogP contribution >= 0.6 is 23.1 Å². The molecule has 0 aliphatic carbocycles. The van der Waals surface area contributed by atoms with E-state index in [1.165, 1.54) is 0 Å². The van der Waals surface area contributed by atoms with Gasteiger partial charge < -0.3 is 10.1 Å². The van der Waals surface area contributed by atoms with E-state index in [0.29, 0.717) is 13.0 Å². The molecule has 0 fully saturated rings. The summed E-state index contributed by atoms with van der Waals surface area (Å²) in [6, 6.07) is 7.67. The lowest BCUT2D eigenvalue weighted by molar-refractivity contribution is -0.120. The molecule has 0 spiro atoms. The predicted octanol–water partition coefficient (Wildman–Crippen LogP) is 3.04. The van der Waals surface area contributed by atoms with Crippen LogP contribution in [-0.2, 0) is 17.8 Å². The van der Waals surface area contributed by atoms with Crippen molar-refractivity contribution in [3.8, 4) is 5.75 Å². The first-order valence-corrected chi connectivity index (χ1v) is 8.56. The number of thioether (sulfide) groups is 1. The standard InChI is InChI=1S/C15H18N2O2S2/c1-10-13(21-15(17-10)20-3)8-14(18)16-9-11-4-6-12(19-2)7-5-11/h4-7H,8-9H2,1-3H3,(H,16,18). The smallest absolute Gasteiger partial charge is 0.225 e. The predicted molar refractivity (Wildman–Crippen MR) is 87.2 cm³/mol. The van der Waals surface area contributed by atoms with Crippen molar-refractivity contribution in [3.63, 3.8) is 0 Å². The van der Waals surface area contributed by atoms with E-state index < -0.39 is 0 Å². The summed E-state index contributed by atoms with van der Waals surface area (Å²) >= 11 is 3.20. The second-order valence-electron chi connectivity index (χ2n) is 4.49. The Hall–Kier alpha value is -1.53. The molecule has 6 heteroatoms. The Morgan fingerprint density at radius 3 is 2.67 bits per heavy atom. The molecule has 21 heavy (non-hydrogen) atoms. The van der Waals surface area contributed by atoms with E-state index in [-0.39, 0.29) is 5.91 Å². The third kappa shape index (κ3) is 4.47. The number of methoxy groups -OCH3 is 1. The lowest BCUT2D eigenvalue weighted by atomic mass is 10.2. The van der Waals surface area contributed by atoms with E-state index in [1.54, 1.807) is 30.2 Å². The summed E-state index contributed by atoms with van der Waals surface area (Å²) in [5, 5.41) is 2.93. The minimum absolute atomic E-state index is 0.0187. The monoisotopic (exact) mass is 322 g/mol. The zero-order valence-electron chi connectivity index (χ0n) is 12.3. The highest BCUT2D eigenvalue weighted by atomic mass is 32.2. The molecule has 0 bridgehead atoms. The second-order valence-corrected chi connectivity index (χ2v) is 6.63. The maximum absolute atomic E-state index is 12.0. The Bertz CT molecular complexity index is 609. The molecule has 0 atom stereocenters. The number of rotatable bonds is 6. The van der Waals surface area contributed by atoms with Crippen molar-refractivity contribution in [2.75, 3.05) is 13.4 Å². The van der Waals surface area contributed by atoms with Gasteiger partial charge in [-0.15, -0.1) is 11.3 Å². The van der Waals surface area contributed by atoms with Gasteiger partial charge in [-0.05, 0) is 30.9 Å². The van der Waals surface area contributed by atoms with E-state index in [9.17, 15) is 4.79 Å². The molecule has 2 aromatic rings. The minimum atomic E-state index is 0.0187. The molecule has 0 radical (unpaired) electrons. The van der Waals surface area contributed by atoms with E-state index >= 15 is 0 Å². The van der Waals surface area contributed by atoms with Gasteiger partial charge in [-0.2, -0.15) is 0 Å². The van der Waals surface area contributed by atoms with Crippen LogP contribution in [0.15, 0.2) is 28.6 Å². The van der Waals surface area contributed by atoms with E-state index in [1.807, 2.05) is 37.4 Å². The maximum Gasteiger partial charge on any atom is 0.225 e. The molecule has 112 valence electrons. The topological polar surface area (TPSA) is 51.2 Å². The number of nitrogens with one attached hydrogen (secondary N) is 1. The van der Waals surface area contributed by atoms with Crippen molar-refractivity contribution in [1.82, 2.24) is 10.3 Å². The van der Waals surface area contributed by atoms with Crippen molar-refractivity contribution in [2.24, 2.45) is 0 Å². The summed E-state index contributed by atoms with van der Waals surface area (Å²) < 4.78 is 6.11. The first kappa shape index (κ1) is 15.9. The lowest BCUT2D eigenvalue weighted by Gasteiger charge is -2.06. The Labute approximate surface area is 132 Å². The average Bonchev–Trinajstić information content (AvgIpc) is 2.86. The molecule has 1 aromatic heterocycles. The van der Waals surface area contributed by atoms with Crippen LogP contribution in [-0.4, -0.2) is 24.3 Å². The quantitative estimate of drug-likeness (QED) is 0.831. The van der Waals surface area contributed by atoms with Crippen LogP contribution in [0.3, 0.4) is 0 Å². The van der Waals surface area contributed by atoms with Gasteiger partial charge in [0.2, 0.25) is 5.91 Å². The number of thiazole rings is 1. The number of ether oxygens (including phenoxy) is 1. The normalized spacial score (nSPS) is 10.4. The Kier molecular flexibility index (Phi) is 5.64. The van der Waals surface area contributed by atoms with Crippen LogP contribution in [0.4, 0.5) is 0 Å². The molecular weight excluding hydrogens is 304 g/mol. The van der Waals surface area contributed by atoms with Gasteiger partial charge in [0.1, 0.15) is 10.1 Å². The zero-order chi connectivity index (χ0) is 15.2. The molecule has 2 rings (SSSR count). The van der Waals surface area contributed by atoms with Gasteiger partial charge in [0.15, 0.2) is 0 Å². The van der Waals surface area contributed by atoms with Crippen LogP contribution in [0.5, 0.6) is 5.75 Å². The van der Waals surface area contributed by atoms with Crippen molar-refractivity contribution < 1.29 is 9.53 Å². The zero-order valence-corrected chi connectivity index (χ0v) is 13.9. The fourth-order valence-corrected chi connectivity index (χ4v) is 3.46. The van der Waals surface area contributed by atoms with Gasteiger partial charge in [0.05, 0.1) is 19.2 Å². The van der Waals surface area contributed by atoms with Gasteiger partial charge >= 0.3 is 0 Å². The van der Waals surface area contributed by atoms with Gasteiger partial charge in [-0.25, -0.2) is 4.98 Å². The van der Waals surface area contributed by atoms with E-state index in [0.717, 1.165) is 26.2 Å². The first-order valence-electron chi connectivity index (χ1n) is 6.52. The van der Waals surface area contributed by atoms with E-state index in [2.05, 4.69) is 10.3 Å². The van der Waals surface area contributed by atoms with Crippen LogP contribution in [0, 0.1) is 6.92 Å². The SMILES string of the molecule is COc1ccc(CNC(=O)Cc2sc(SC)nc2C)cc1. The maximum atomic E-state index is 12.0. The Morgan fingerprint density at radius 1 is 1.38 bits per heavy atom.